The van der Waals surface area contributed by atoms with Gasteiger partial charge in [-0.2, -0.15) is 0 Å². The van der Waals surface area contributed by atoms with Gasteiger partial charge < -0.3 is 19.5 Å². The minimum absolute atomic E-state index is 0.389. The molecule has 0 aliphatic carbocycles. The maximum atomic E-state index is 5.76. The van der Waals surface area contributed by atoms with E-state index in [2.05, 4.69) is 15.3 Å². The smallest absolute Gasteiger partial charge is 0.238 e. The first-order valence-corrected chi connectivity index (χ1v) is 6.13. The molecule has 1 heterocycles. The number of ether oxygens (including phenoxy) is 3. The highest BCUT2D eigenvalue weighted by atomic mass is 16.5. The van der Waals surface area contributed by atoms with E-state index in [1.165, 1.54) is 0 Å². The van der Waals surface area contributed by atoms with Crippen molar-refractivity contribution in [3.63, 3.8) is 0 Å². The number of hydrogen-bond acceptors (Lipinski definition) is 6. The van der Waals surface area contributed by atoms with Gasteiger partial charge in [-0.3, -0.25) is 4.98 Å². The van der Waals surface area contributed by atoms with Crippen LogP contribution < -0.4 is 19.5 Å². The van der Waals surface area contributed by atoms with Crippen LogP contribution >= 0.6 is 0 Å². The highest BCUT2D eigenvalue weighted by Crippen LogP contribution is 2.39. The second-order valence-corrected chi connectivity index (χ2v) is 3.97. The van der Waals surface area contributed by atoms with Crippen molar-refractivity contribution in [3.8, 4) is 23.1 Å². The van der Waals surface area contributed by atoms with Crippen LogP contribution in [0.2, 0.25) is 0 Å². The van der Waals surface area contributed by atoms with Crippen molar-refractivity contribution in [3.05, 3.63) is 36.3 Å². The van der Waals surface area contributed by atoms with Crippen LogP contribution in [0, 0.1) is 0 Å². The van der Waals surface area contributed by atoms with E-state index in [1.54, 1.807) is 38.7 Å². The average Bonchev–Trinajstić information content (AvgIpc) is 2.48. The fourth-order valence-corrected chi connectivity index (χ4v) is 1.72. The molecule has 0 bridgehead atoms. The fraction of sp³-hybridized carbons (Fsp3) is 0.286. The summed E-state index contributed by atoms with van der Waals surface area (Å²) in [5.41, 5.74) is 0.791. The maximum absolute atomic E-state index is 5.76. The average molecular weight is 275 g/mol. The zero-order valence-electron chi connectivity index (χ0n) is 11.7. The van der Waals surface area contributed by atoms with E-state index in [1.807, 2.05) is 13.1 Å². The summed E-state index contributed by atoms with van der Waals surface area (Å²) in [6, 6.07) is 5.42. The summed E-state index contributed by atoms with van der Waals surface area (Å²) < 4.78 is 16.3. The van der Waals surface area contributed by atoms with Crippen molar-refractivity contribution in [1.29, 1.82) is 0 Å². The zero-order valence-corrected chi connectivity index (χ0v) is 11.7. The molecule has 0 spiro atoms. The molecule has 1 aromatic heterocycles. The van der Waals surface area contributed by atoms with Crippen LogP contribution in [0.1, 0.15) is 5.69 Å². The lowest BCUT2D eigenvalue weighted by Crippen LogP contribution is -2.07. The monoisotopic (exact) mass is 275 g/mol. The molecule has 1 aromatic carbocycles. The van der Waals surface area contributed by atoms with Crippen molar-refractivity contribution >= 4 is 0 Å². The third-order valence-corrected chi connectivity index (χ3v) is 2.61. The molecule has 2 rings (SSSR count). The summed E-state index contributed by atoms with van der Waals surface area (Å²) in [7, 11) is 4.99. The topological polar surface area (TPSA) is 65.5 Å². The quantitative estimate of drug-likeness (QED) is 0.870. The van der Waals surface area contributed by atoms with Gasteiger partial charge in [0.2, 0.25) is 11.6 Å². The van der Waals surface area contributed by atoms with Crippen molar-refractivity contribution in [2.24, 2.45) is 0 Å². The predicted molar refractivity (Wildman–Crippen MR) is 74.4 cm³/mol. The normalized spacial score (nSPS) is 10.2. The summed E-state index contributed by atoms with van der Waals surface area (Å²) in [5.74, 6) is 2.02. The molecule has 20 heavy (non-hydrogen) atoms. The van der Waals surface area contributed by atoms with Crippen LogP contribution in [0.15, 0.2) is 30.6 Å². The number of hydrogen-bond donors (Lipinski definition) is 1. The van der Waals surface area contributed by atoms with E-state index in [9.17, 15) is 0 Å². The summed E-state index contributed by atoms with van der Waals surface area (Å²) in [4.78, 5) is 8.45. The van der Waals surface area contributed by atoms with Gasteiger partial charge in [0.15, 0.2) is 11.5 Å². The first-order valence-electron chi connectivity index (χ1n) is 6.13. The van der Waals surface area contributed by atoms with Crippen LogP contribution in [0.3, 0.4) is 0 Å². The van der Waals surface area contributed by atoms with Gasteiger partial charge in [0.05, 0.1) is 26.1 Å². The van der Waals surface area contributed by atoms with Gasteiger partial charge in [-0.1, -0.05) is 6.07 Å². The Labute approximate surface area is 117 Å². The summed E-state index contributed by atoms with van der Waals surface area (Å²) in [6.07, 6.45) is 3.23. The minimum atomic E-state index is 0.389. The van der Waals surface area contributed by atoms with Crippen molar-refractivity contribution < 1.29 is 14.2 Å². The molecule has 0 aliphatic heterocycles. The molecule has 0 atom stereocenters. The number of aromatic nitrogens is 2. The molecule has 0 aliphatic rings. The van der Waals surface area contributed by atoms with Gasteiger partial charge in [0, 0.05) is 12.7 Å². The molecule has 0 radical (unpaired) electrons. The van der Waals surface area contributed by atoms with Gasteiger partial charge in [-0.25, -0.2) is 4.98 Å². The molecule has 0 saturated heterocycles. The van der Waals surface area contributed by atoms with E-state index in [4.69, 9.17) is 14.2 Å². The van der Waals surface area contributed by atoms with Crippen molar-refractivity contribution in [2.75, 3.05) is 21.3 Å². The Bertz CT molecular complexity index is 553. The number of para-hydroxylation sites is 1. The van der Waals surface area contributed by atoms with Crippen LogP contribution in [-0.2, 0) is 6.54 Å². The molecule has 0 unspecified atom stereocenters. The molecule has 0 amide bonds. The molecule has 0 saturated carbocycles. The Morgan fingerprint density at radius 1 is 1.10 bits per heavy atom. The van der Waals surface area contributed by atoms with E-state index in [-0.39, 0.29) is 0 Å². The number of methoxy groups -OCH3 is 2. The SMILES string of the molecule is CNCc1cncc(Oc2c(OC)cccc2OC)n1. The summed E-state index contributed by atoms with van der Waals surface area (Å²) in [6.45, 7) is 0.618. The third kappa shape index (κ3) is 3.16. The summed E-state index contributed by atoms with van der Waals surface area (Å²) >= 11 is 0. The second kappa shape index (κ2) is 6.72. The van der Waals surface area contributed by atoms with Gasteiger partial charge >= 0.3 is 0 Å². The van der Waals surface area contributed by atoms with Crippen molar-refractivity contribution in [1.82, 2.24) is 15.3 Å². The molecule has 1 N–H and O–H groups in total. The van der Waals surface area contributed by atoms with E-state index in [0.29, 0.717) is 29.7 Å². The number of benzene rings is 1. The molecule has 106 valence electrons. The largest absolute Gasteiger partial charge is 0.493 e. The molecule has 2 aromatic rings. The van der Waals surface area contributed by atoms with Crippen molar-refractivity contribution in [2.45, 2.75) is 6.54 Å². The van der Waals surface area contributed by atoms with Gasteiger partial charge in [-0.05, 0) is 19.2 Å². The fourth-order valence-electron chi connectivity index (χ4n) is 1.72. The minimum Gasteiger partial charge on any atom is -0.493 e. The van der Waals surface area contributed by atoms with E-state index >= 15 is 0 Å². The first-order chi connectivity index (χ1) is 9.78. The summed E-state index contributed by atoms with van der Waals surface area (Å²) in [5, 5.41) is 3.01. The maximum Gasteiger partial charge on any atom is 0.238 e. The molecule has 6 nitrogen and oxygen atoms in total. The van der Waals surface area contributed by atoms with Gasteiger partial charge in [0.1, 0.15) is 0 Å². The lowest BCUT2D eigenvalue weighted by molar-refractivity contribution is 0.341. The number of nitrogens with one attached hydrogen (secondary N) is 1. The Kier molecular flexibility index (Phi) is 4.73. The molecule has 0 fully saturated rings. The Morgan fingerprint density at radius 2 is 1.80 bits per heavy atom. The first kappa shape index (κ1) is 14.1. The Balaban J connectivity index is 2.31. The zero-order chi connectivity index (χ0) is 14.4. The van der Waals surface area contributed by atoms with Gasteiger partial charge in [-0.15, -0.1) is 0 Å². The Morgan fingerprint density at radius 3 is 2.40 bits per heavy atom. The van der Waals surface area contributed by atoms with Crippen LogP contribution in [0.5, 0.6) is 23.1 Å². The second-order valence-electron chi connectivity index (χ2n) is 3.97. The standard InChI is InChI=1S/C14H17N3O3/c1-15-7-10-8-16-9-13(17-10)20-14-11(18-2)5-4-6-12(14)19-3/h4-6,8-9,15H,7H2,1-3H3. The third-order valence-electron chi connectivity index (χ3n) is 2.61. The Hall–Kier alpha value is -2.34. The van der Waals surface area contributed by atoms with Gasteiger partial charge in [0.25, 0.3) is 0 Å². The van der Waals surface area contributed by atoms with Crippen LogP contribution in [0.4, 0.5) is 0 Å². The highest BCUT2D eigenvalue weighted by Gasteiger charge is 2.13. The lowest BCUT2D eigenvalue weighted by Gasteiger charge is -2.13. The van der Waals surface area contributed by atoms with Crippen LogP contribution in [-0.4, -0.2) is 31.2 Å². The van der Waals surface area contributed by atoms with E-state index in [0.717, 1.165) is 5.69 Å². The molecule has 6 heteroatoms. The van der Waals surface area contributed by atoms with E-state index < -0.39 is 0 Å². The molecular formula is C14H17N3O3. The highest BCUT2D eigenvalue weighted by molar-refractivity contribution is 5.52. The lowest BCUT2D eigenvalue weighted by atomic mass is 10.3. The van der Waals surface area contributed by atoms with Crippen LogP contribution in [0.25, 0.3) is 0 Å². The number of rotatable bonds is 6. The number of nitrogens with zero attached hydrogens (tertiary/aromatic N) is 2. The molecular weight excluding hydrogens is 258 g/mol. The predicted octanol–water partition coefficient (Wildman–Crippen LogP) is 2.01.